The smallest absolute Gasteiger partial charge is 0.336 e. The van der Waals surface area contributed by atoms with Gasteiger partial charge < -0.3 is 19.7 Å². The molecular formula is C15H22O5. The Bertz CT molecular complexity index is 468. The highest BCUT2D eigenvalue weighted by Crippen LogP contribution is 2.41. The van der Waals surface area contributed by atoms with Crippen molar-refractivity contribution in [2.24, 2.45) is 0 Å². The number of aromatic hydroxyl groups is 1. The molecule has 0 aliphatic carbocycles. The van der Waals surface area contributed by atoms with Gasteiger partial charge in [-0.3, -0.25) is 0 Å². The van der Waals surface area contributed by atoms with Crippen LogP contribution in [0.5, 0.6) is 17.2 Å². The number of methoxy groups -OCH3 is 2. The van der Waals surface area contributed by atoms with Crippen molar-refractivity contribution in [3.05, 3.63) is 17.2 Å². The molecule has 1 rings (SSSR count). The van der Waals surface area contributed by atoms with E-state index < -0.39 is 5.97 Å². The average molecular weight is 282 g/mol. The van der Waals surface area contributed by atoms with Crippen LogP contribution in [0.3, 0.4) is 0 Å². The molecule has 1 aromatic carbocycles. The number of carboxylic acids is 1. The number of hydrogen-bond donors (Lipinski definition) is 2. The van der Waals surface area contributed by atoms with Crippen LogP contribution in [0.1, 0.15) is 48.5 Å². The van der Waals surface area contributed by atoms with Gasteiger partial charge in [0.2, 0.25) is 5.75 Å². The maximum Gasteiger partial charge on any atom is 0.336 e. The number of carbonyl (C=O) groups is 1. The van der Waals surface area contributed by atoms with Crippen LogP contribution in [-0.4, -0.2) is 30.4 Å². The van der Waals surface area contributed by atoms with Gasteiger partial charge in [-0.15, -0.1) is 0 Å². The molecule has 2 N–H and O–H groups in total. The summed E-state index contributed by atoms with van der Waals surface area (Å²) >= 11 is 0. The molecule has 5 heteroatoms. The molecule has 0 bridgehead atoms. The first-order chi connectivity index (χ1) is 9.56. The summed E-state index contributed by atoms with van der Waals surface area (Å²) in [5, 5.41) is 19.3. The maximum atomic E-state index is 11.4. The Morgan fingerprint density at radius 1 is 1.20 bits per heavy atom. The monoisotopic (exact) mass is 282 g/mol. The van der Waals surface area contributed by atoms with E-state index in [-0.39, 0.29) is 22.8 Å². The predicted octanol–water partition coefficient (Wildman–Crippen LogP) is 3.23. The van der Waals surface area contributed by atoms with Crippen molar-refractivity contribution in [2.45, 2.75) is 39.0 Å². The van der Waals surface area contributed by atoms with Gasteiger partial charge >= 0.3 is 5.97 Å². The molecule has 0 heterocycles. The van der Waals surface area contributed by atoms with Gasteiger partial charge in [-0.05, 0) is 18.9 Å². The van der Waals surface area contributed by atoms with Gasteiger partial charge in [-0.2, -0.15) is 0 Å². The second-order valence-corrected chi connectivity index (χ2v) is 4.60. The minimum atomic E-state index is -1.05. The van der Waals surface area contributed by atoms with Crippen LogP contribution in [0.4, 0.5) is 0 Å². The van der Waals surface area contributed by atoms with Crippen molar-refractivity contribution in [3.8, 4) is 17.2 Å². The van der Waals surface area contributed by atoms with Crippen LogP contribution >= 0.6 is 0 Å². The van der Waals surface area contributed by atoms with Crippen LogP contribution in [-0.2, 0) is 6.42 Å². The van der Waals surface area contributed by atoms with Gasteiger partial charge in [-0.25, -0.2) is 4.79 Å². The fourth-order valence-corrected chi connectivity index (χ4v) is 2.21. The SMILES string of the molecule is CCCCCCc1c(C(=O)O)cc(OC)c(O)c1OC. The maximum absolute atomic E-state index is 11.4. The highest BCUT2D eigenvalue weighted by Gasteiger charge is 2.22. The Balaban J connectivity index is 3.16. The lowest BCUT2D eigenvalue weighted by Crippen LogP contribution is -2.06. The molecule has 0 spiro atoms. The molecule has 0 saturated heterocycles. The fourth-order valence-electron chi connectivity index (χ4n) is 2.21. The minimum Gasteiger partial charge on any atom is -0.502 e. The Morgan fingerprint density at radius 2 is 1.90 bits per heavy atom. The van der Waals surface area contributed by atoms with E-state index in [0.29, 0.717) is 12.0 Å². The van der Waals surface area contributed by atoms with Gasteiger partial charge in [0.1, 0.15) is 0 Å². The lowest BCUT2D eigenvalue weighted by atomic mass is 9.98. The number of rotatable bonds is 8. The zero-order valence-corrected chi connectivity index (χ0v) is 12.2. The molecular weight excluding hydrogens is 260 g/mol. The van der Waals surface area contributed by atoms with E-state index in [1.54, 1.807) is 0 Å². The summed E-state index contributed by atoms with van der Waals surface area (Å²) < 4.78 is 10.2. The van der Waals surface area contributed by atoms with Crippen molar-refractivity contribution in [1.29, 1.82) is 0 Å². The van der Waals surface area contributed by atoms with Crippen LogP contribution in [0.25, 0.3) is 0 Å². The Hall–Kier alpha value is -1.91. The average Bonchev–Trinajstić information content (AvgIpc) is 2.43. The number of hydrogen-bond acceptors (Lipinski definition) is 4. The minimum absolute atomic E-state index is 0.108. The summed E-state index contributed by atoms with van der Waals surface area (Å²) in [6, 6.07) is 1.34. The molecule has 0 atom stereocenters. The van der Waals surface area contributed by atoms with E-state index in [0.717, 1.165) is 25.7 Å². The summed E-state index contributed by atoms with van der Waals surface area (Å²) in [4.78, 5) is 11.4. The second-order valence-electron chi connectivity index (χ2n) is 4.60. The largest absolute Gasteiger partial charge is 0.502 e. The molecule has 0 amide bonds. The summed E-state index contributed by atoms with van der Waals surface area (Å²) in [7, 11) is 2.79. The first-order valence-corrected chi connectivity index (χ1v) is 6.76. The summed E-state index contributed by atoms with van der Waals surface area (Å²) in [5.74, 6) is -0.896. The molecule has 0 radical (unpaired) electrons. The van der Waals surface area contributed by atoms with Crippen molar-refractivity contribution < 1.29 is 24.5 Å². The summed E-state index contributed by atoms with van der Waals surface area (Å²) in [6.07, 6.45) is 4.65. The summed E-state index contributed by atoms with van der Waals surface area (Å²) in [6.45, 7) is 2.11. The number of aromatic carboxylic acids is 1. The molecule has 0 aromatic heterocycles. The molecule has 1 aromatic rings. The van der Waals surface area contributed by atoms with Crippen LogP contribution < -0.4 is 9.47 Å². The van der Waals surface area contributed by atoms with Gasteiger partial charge in [0.25, 0.3) is 0 Å². The zero-order chi connectivity index (χ0) is 15.1. The third kappa shape index (κ3) is 3.56. The van der Waals surface area contributed by atoms with E-state index in [1.165, 1.54) is 20.3 Å². The van der Waals surface area contributed by atoms with E-state index in [9.17, 15) is 15.0 Å². The Morgan fingerprint density at radius 3 is 2.40 bits per heavy atom. The standard InChI is InChI=1S/C15H22O5/c1-4-5-6-7-8-10-11(15(17)18)9-12(19-2)13(16)14(10)20-3/h9,16H,4-8H2,1-3H3,(H,17,18). The number of benzene rings is 1. The number of unbranched alkanes of at least 4 members (excludes halogenated alkanes) is 3. The van der Waals surface area contributed by atoms with E-state index in [2.05, 4.69) is 6.92 Å². The predicted molar refractivity (Wildman–Crippen MR) is 76.0 cm³/mol. The number of phenols is 1. The highest BCUT2D eigenvalue weighted by atomic mass is 16.5. The second kappa shape index (κ2) is 7.62. The molecule has 5 nitrogen and oxygen atoms in total. The number of phenolic OH excluding ortho intramolecular Hbond substituents is 1. The topological polar surface area (TPSA) is 76.0 Å². The normalized spacial score (nSPS) is 10.3. The van der Waals surface area contributed by atoms with Crippen molar-refractivity contribution in [3.63, 3.8) is 0 Å². The van der Waals surface area contributed by atoms with E-state index in [4.69, 9.17) is 9.47 Å². The fraction of sp³-hybridized carbons (Fsp3) is 0.533. The zero-order valence-electron chi connectivity index (χ0n) is 12.2. The quantitative estimate of drug-likeness (QED) is 0.716. The van der Waals surface area contributed by atoms with Crippen LogP contribution in [0.2, 0.25) is 0 Å². The molecule has 112 valence electrons. The molecule has 0 unspecified atom stereocenters. The Labute approximate surface area is 119 Å². The molecule has 0 saturated carbocycles. The molecule has 0 aliphatic rings. The number of carboxylic acid groups (broad SMARTS) is 1. The van der Waals surface area contributed by atoms with Gasteiger partial charge in [0.15, 0.2) is 11.5 Å². The molecule has 0 fully saturated rings. The van der Waals surface area contributed by atoms with Gasteiger partial charge in [0.05, 0.1) is 19.8 Å². The lowest BCUT2D eigenvalue weighted by molar-refractivity contribution is 0.0694. The highest BCUT2D eigenvalue weighted by molar-refractivity contribution is 5.92. The van der Waals surface area contributed by atoms with Crippen LogP contribution in [0, 0.1) is 0 Å². The van der Waals surface area contributed by atoms with Gasteiger partial charge in [0, 0.05) is 5.56 Å². The number of ether oxygens (including phenoxy) is 2. The van der Waals surface area contributed by atoms with Crippen molar-refractivity contribution >= 4 is 5.97 Å². The van der Waals surface area contributed by atoms with E-state index >= 15 is 0 Å². The van der Waals surface area contributed by atoms with Crippen molar-refractivity contribution in [1.82, 2.24) is 0 Å². The molecule has 0 aliphatic heterocycles. The van der Waals surface area contributed by atoms with E-state index in [1.807, 2.05) is 0 Å². The molecule has 20 heavy (non-hydrogen) atoms. The Kier molecular flexibility index (Phi) is 6.15. The third-order valence-electron chi connectivity index (χ3n) is 3.26. The third-order valence-corrected chi connectivity index (χ3v) is 3.26. The summed E-state index contributed by atoms with van der Waals surface area (Å²) in [5.41, 5.74) is 0.641. The van der Waals surface area contributed by atoms with Crippen LogP contribution in [0.15, 0.2) is 6.07 Å². The van der Waals surface area contributed by atoms with Crippen molar-refractivity contribution in [2.75, 3.05) is 14.2 Å². The van der Waals surface area contributed by atoms with Gasteiger partial charge in [-0.1, -0.05) is 26.2 Å². The first-order valence-electron chi connectivity index (χ1n) is 6.76. The lowest BCUT2D eigenvalue weighted by Gasteiger charge is -2.16. The first kappa shape index (κ1) is 16.1.